The van der Waals surface area contributed by atoms with Gasteiger partial charge in [0.05, 0.1) is 12.2 Å². The molecule has 0 bridgehead atoms. The van der Waals surface area contributed by atoms with Gasteiger partial charge in [0, 0.05) is 0 Å². The van der Waals surface area contributed by atoms with Gasteiger partial charge in [-0.3, -0.25) is 0 Å². The van der Waals surface area contributed by atoms with E-state index in [0.29, 0.717) is 6.42 Å². The molecule has 2 nitrogen and oxygen atoms in total. The molecule has 0 heterocycles. The number of unbranched alkanes of at least 4 members (excludes halogenated alkanes) is 2. The van der Waals surface area contributed by atoms with Crippen molar-refractivity contribution in [3.63, 3.8) is 0 Å². The Labute approximate surface area is 69.2 Å². The molecule has 0 rings (SSSR count). The first-order valence-corrected chi connectivity index (χ1v) is 4.53. The summed E-state index contributed by atoms with van der Waals surface area (Å²) in [7, 11) is 0. The molecular formula is C9H20O2. The molecule has 2 unspecified atom stereocenters. The van der Waals surface area contributed by atoms with Gasteiger partial charge in [-0.15, -0.1) is 0 Å². The fraction of sp³-hybridized carbons (Fsp3) is 1.00. The van der Waals surface area contributed by atoms with Crippen LogP contribution in [0.5, 0.6) is 0 Å². The first-order valence-electron chi connectivity index (χ1n) is 4.53. The maximum atomic E-state index is 9.29. The zero-order valence-corrected chi connectivity index (χ0v) is 7.58. The lowest BCUT2D eigenvalue weighted by molar-refractivity contribution is 0.0835. The molecule has 0 saturated heterocycles. The maximum absolute atomic E-state index is 9.29. The van der Waals surface area contributed by atoms with Gasteiger partial charge in [-0.05, 0) is 19.8 Å². The monoisotopic (exact) mass is 160 g/mol. The first kappa shape index (κ1) is 10.9. The number of aliphatic hydroxyl groups is 2. The van der Waals surface area contributed by atoms with E-state index < -0.39 is 0 Å². The third-order valence-electron chi connectivity index (χ3n) is 1.75. The zero-order chi connectivity index (χ0) is 8.69. The van der Waals surface area contributed by atoms with E-state index in [0.717, 1.165) is 12.8 Å². The van der Waals surface area contributed by atoms with E-state index in [1.807, 2.05) is 0 Å². The number of aliphatic hydroxyl groups excluding tert-OH is 2. The quantitative estimate of drug-likeness (QED) is 0.581. The van der Waals surface area contributed by atoms with Crippen LogP contribution in [-0.4, -0.2) is 22.4 Å². The fourth-order valence-electron chi connectivity index (χ4n) is 1.14. The van der Waals surface area contributed by atoms with Crippen LogP contribution in [0, 0.1) is 0 Å². The molecule has 2 N–H and O–H groups in total. The van der Waals surface area contributed by atoms with E-state index in [1.54, 1.807) is 6.92 Å². The summed E-state index contributed by atoms with van der Waals surface area (Å²) >= 11 is 0. The molecule has 0 saturated carbocycles. The van der Waals surface area contributed by atoms with Crippen molar-refractivity contribution in [1.82, 2.24) is 0 Å². The Bertz CT molecular complexity index is 81.6. The average molecular weight is 160 g/mol. The van der Waals surface area contributed by atoms with Crippen LogP contribution in [0.4, 0.5) is 0 Å². The Balaban J connectivity index is 3.15. The second kappa shape index (κ2) is 6.62. The van der Waals surface area contributed by atoms with E-state index in [4.69, 9.17) is 5.11 Å². The fourth-order valence-corrected chi connectivity index (χ4v) is 1.14. The summed E-state index contributed by atoms with van der Waals surface area (Å²) in [5, 5.41) is 18.2. The summed E-state index contributed by atoms with van der Waals surface area (Å²) in [4.78, 5) is 0. The van der Waals surface area contributed by atoms with Crippen molar-refractivity contribution in [2.75, 3.05) is 0 Å². The summed E-state index contributed by atoms with van der Waals surface area (Å²) in [6.45, 7) is 3.85. The Hall–Kier alpha value is -0.0800. The molecule has 0 aliphatic heterocycles. The minimum absolute atomic E-state index is 0.304. The van der Waals surface area contributed by atoms with Crippen LogP contribution in [0.1, 0.15) is 46.0 Å². The van der Waals surface area contributed by atoms with Crippen LogP contribution in [-0.2, 0) is 0 Å². The Morgan fingerprint density at radius 3 is 2.27 bits per heavy atom. The van der Waals surface area contributed by atoms with E-state index in [-0.39, 0.29) is 12.2 Å². The third kappa shape index (κ3) is 7.82. The van der Waals surface area contributed by atoms with Gasteiger partial charge in [-0.1, -0.05) is 26.2 Å². The van der Waals surface area contributed by atoms with Crippen LogP contribution < -0.4 is 0 Å². The van der Waals surface area contributed by atoms with E-state index >= 15 is 0 Å². The summed E-state index contributed by atoms with van der Waals surface area (Å²) in [5.41, 5.74) is 0. The number of hydrogen-bond acceptors (Lipinski definition) is 2. The van der Waals surface area contributed by atoms with Crippen LogP contribution >= 0.6 is 0 Å². The highest BCUT2D eigenvalue weighted by atomic mass is 16.3. The molecule has 0 radical (unpaired) electrons. The van der Waals surface area contributed by atoms with Crippen LogP contribution in [0.2, 0.25) is 0 Å². The van der Waals surface area contributed by atoms with Crippen molar-refractivity contribution in [3.05, 3.63) is 0 Å². The predicted octanol–water partition coefficient (Wildman–Crippen LogP) is 1.70. The average Bonchev–Trinajstić information content (AvgIpc) is 1.86. The largest absolute Gasteiger partial charge is 0.393 e. The number of rotatable bonds is 6. The molecule has 0 amide bonds. The van der Waals surface area contributed by atoms with E-state index in [2.05, 4.69) is 6.92 Å². The highest BCUT2D eigenvalue weighted by molar-refractivity contribution is 4.59. The molecule has 2 heteroatoms. The van der Waals surface area contributed by atoms with Gasteiger partial charge in [0.1, 0.15) is 0 Å². The van der Waals surface area contributed by atoms with Crippen molar-refractivity contribution in [2.45, 2.75) is 58.2 Å². The molecule has 0 fully saturated rings. The van der Waals surface area contributed by atoms with Gasteiger partial charge in [0.2, 0.25) is 0 Å². The molecular weight excluding hydrogens is 140 g/mol. The Morgan fingerprint density at radius 2 is 1.82 bits per heavy atom. The van der Waals surface area contributed by atoms with E-state index in [1.165, 1.54) is 12.8 Å². The molecule has 0 aromatic heterocycles. The normalized spacial score (nSPS) is 16.4. The van der Waals surface area contributed by atoms with Gasteiger partial charge in [-0.25, -0.2) is 0 Å². The standard InChI is InChI=1S/C9H20O2/c1-3-4-5-6-9(11)7-8(2)10/h8-11H,3-7H2,1-2H3. The lowest BCUT2D eigenvalue weighted by Crippen LogP contribution is -2.14. The van der Waals surface area contributed by atoms with Crippen LogP contribution in [0.15, 0.2) is 0 Å². The molecule has 68 valence electrons. The lowest BCUT2D eigenvalue weighted by atomic mass is 10.1. The van der Waals surface area contributed by atoms with Crippen molar-refractivity contribution in [1.29, 1.82) is 0 Å². The summed E-state index contributed by atoms with van der Waals surface area (Å²) in [6, 6.07) is 0. The van der Waals surface area contributed by atoms with Crippen molar-refractivity contribution < 1.29 is 10.2 Å². The smallest absolute Gasteiger partial charge is 0.0564 e. The summed E-state index contributed by atoms with van der Waals surface area (Å²) in [6.07, 6.45) is 4.11. The molecule has 11 heavy (non-hydrogen) atoms. The highest BCUT2D eigenvalue weighted by Gasteiger charge is 2.06. The minimum atomic E-state index is -0.369. The molecule has 0 aliphatic rings. The maximum Gasteiger partial charge on any atom is 0.0564 e. The summed E-state index contributed by atoms with van der Waals surface area (Å²) < 4.78 is 0. The van der Waals surface area contributed by atoms with Crippen molar-refractivity contribution >= 4 is 0 Å². The first-order chi connectivity index (χ1) is 5.16. The van der Waals surface area contributed by atoms with E-state index in [9.17, 15) is 5.11 Å². The lowest BCUT2D eigenvalue weighted by Gasteiger charge is -2.11. The SMILES string of the molecule is CCCCCC(O)CC(C)O. The number of hydrogen-bond donors (Lipinski definition) is 2. The Kier molecular flexibility index (Phi) is 6.57. The summed E-state index contributed by atoms with van der Waals surface area (Å²) in [5.74, 6) is 0. The van der Waals surface area contributed by atoms with Crippen LogP contribution in [0.3, 0.4) is 0 Å². The van der Waals surface area contributed by atoms with Gasteiger partial charge < -0.3 is 10.2 Å². The van der Waals surface area contributed by atoms with Gasteiger partial charge in [0.25, 0.3) is 0 Å². The van der Waals surface area contributed by atoms with Gasteiger partial charge >= 0.3 is 0 Å². The van der Waals surface area contributed by atoms with Gasteiger partial charge in [-0.2, -0.15) is 0 Å². The second-order valence-corrected chi connectivity index (χ2v) is 3.23. The van der Waals surface area contributed by atoms with Gasteiger partial charge in [0.15, 0.2) is 0 Å². The van der Waals surface area contributed by atoms with Crippen molar-refractivity contribution in [2.24, 2.45) is 0 Å². The minimum Gasteiger partial charge on any atom is -0.393 e. The molecule has 0 aromatic carbocycles. The highest BCUT2D eigenvalue weighted by Crippen LogP contribution is 2.07. The topological polar surface area (TPSA) is 40.5 Å². The predicted molar refractivity (Wildman–Crippen MR) is 46.4 cm³/mol. The molecule has 0 spiro atoms. The third-order valence-corrected chi connectivity index (χ3v) is 1.75. The second-order valence-electron chi connectivity index (χ2n) is 3.23. The zero-order valence-electron chi connectivity index (χ0n) is 7.58. The Morgan fingerprint density at radius 1 is 1.18 bits per heavy atom. The molecule has 0 aromatic rings. The molecule has 0 aliphatic carbocycles. The molecule has 2 atom stereocenters. The van der Waals surface area contributed by atoms with Crippen molar-refractivity contribution in [3.8, 4) is 0 Å². The van der Waals surface area contributed by atoms with Crippen LogP contribution in [0.25, 0.3) is 0 Å².